The van der Waals surface area contributed by atoms with Crippen LogP contribution in [0.1, 0.15) is 0 Å². The Bertz CT molecular complexity index is 1500. The number of hydrogen-bond donors (Lipinski definition) is 0. The van der Waals surface area contributed by atoms with Gasteiger partial charge in [-0.3, -0.25) is 19.9 Å². The monoisotopic (exact) mass is 699 g/mol. The van der Waals surface area contributed by atoms with E-state index in [1.807, 2.05) is 24.3 Å². The van der Waals surface area contributed by atoms with E-state index in [1.165, 1.54) is 0 Å². The minimum atomic E-state index is -1.75. The van der Waals surface area contributed by atoms with Gasteiger partial charge in [0.25, 0.3) is 0 Å². The Labute approximate surface area is 269 Å². The summed E-state index contributed by atoms with van der Waals surface area (Å²) in [5.74, 6) is 0. The molecule has 6 aromatic rings. The number of pyridine rings is 4. The molecule has 2 aromatic carbocycles. The van der Waals surface area contributed by atoms with Gasteiger partial charge in [0.1, 0.15) is 0 Å². The fraction of sp³-hybridized carbons (Fsp3) is 0. The van der Waals surface area contributed by atoms with Crippen molar-refractivity contribution in [3.63, 3.8) is 0 Å². The van der Waals surface area contributed by atoms with E-state index in [2.05, 4.69) is 68.5 Å². The Morgan fingerprint density at radius 2 is 0.561 bits per heavy atom. The van der Waals surface area contributed by atoms with Crippen LogP contribution in [0.25, 0.3) is 43.6 Å². The van der Waals surface area contributed by atoms with Crippen LogP contribution in [0.4, 0.5) is 0 Å². The summed E-state index contributed by atoms with van der Waals surface area (Å²) in [6.45, 7) is 0. The Morgan fingerprint density at radius 1 is 0.390 bits per heavy atom. The van der Waals surface area contributed by atoms with Gasteiger partial charge in [-0.25, -0.2) is 0 Å². The Morgan fingerprint density at radius 3 is 0.732 bits per heavy atom. The number of hydrogen-bond acceptors (Lipinski definition) is 13. The van der Waals surface area contributed by atoms with Crippen LogP contribution in [0.15, 0.2) is 97.6 Å². The maximum atomic E-state index is 8.25. The molecule has 4 aromatic heterocycles. The summed E-state index contributed by atoms with van der Waals surface area (Å²) in [6.07, 6.45) is 7.21. The van der Waals surface area contributed by atoms with Gasteiger partial charge in [0.2, 0.25) is 0 Å². The molecule has 16 nitrogen and oxygen atoms in total. The number of rotatable bonds is 0. The second kappa shape index (κ2) is 17.8. The van der Waals surface area contributed by atoms with Crippen LogP contribution < -0.4 is 0 Å². The van der Waals surface area contributed by atoms with E-state index in [0.29, 0.717) is 0 Å². The molecule has 0 amide bonds. The first-order valence-corrected chi connectivity index (χ1v) is 10.7. The first-order valence-electron chi connectivity index (χ1n) is 10.7. The normalized spacial score (nSPS) is 9.17. The number of benzene rings is 2. The van der Waals surface area contributed by atoms with Crippen LogP contribution in [0.3, 0.4) is 0 Å². The van der Waals surface area contributed by atoms with E-state index >= 15 is 0 Å². The SMILES string of the molecule is O=[N+]([O-])[O-].O=[N+]([O-])[O-].O=[N+]([O-])[O-].[Eu+3].c1cnc2c(c1)ccc1cccnc12.c1cnc2c(c1)ccc1cccnc12. The van der Waals surface area contributed by atoms with E-state index in [0.717, 1.165) is 43.6 Å². The molecule has 6 rings (SSSR count). The van der Waals surface area contributed by atoms with E-state index in [-0.39, 0.29) is 49.4 Å². The summed E-state index contributed by atoms with van der Waals surface area (Å²) in [5.41, 5.74) is 3.91. The predicted molar refractivity (Wildman–Crippen MR) is 145 cm³/mol. The van der Waals surface area contributed by atoms with Crippen molar-refractivity contribution in [2.75, 3.05) is 0 Å². The maximum Gasteiger partial charge on any atom is 3.00 e. The van der Waals surface area contributed by atoms with E-state index in [9.17, 15) is 0 Å². The molecular weight excluding hydrogens is 682 g/mol. The summed E-state index contributed by atoms with van der Waals surface area (Å²) in [7, 11) is 0. The second-order valence-electron chi connectivity index (χ2n) is 7.10. The first-order chi connectivity index (χ1) is 19.1. The summed E-state index contributed by atoms with van der Waals surface area (Å²) < 4.78 is 0. The number of nitrogens with zero attached hydrogens (tertiary/aromatic N) is 7. The summed E-state index contributed by atoms with van der Waals surface area (Å²) in [6, 6.07) is 24.3. The Kier molecular flexibility index (Phi) is 14.9. The van der Waals surface area contributed by atoms with E-state index in [1.54, 1.807) is 24.8 Å². The van der Waals surface area contributed by atoms with Gasteiger partial charge in [0.15, 0.2) is 0 Å². The largest absolute Gasteiger partial charge is 3.00 e. The molecule has 0 fully saturated rings. The van der Waals surface area contributed by atoms with Crippen LogP contribution in [0.2, 0.25) is 0 Å². The van der Waals surface area contributed by atoms with Crippen molar-refractivity contribution in [1.82, 2.24) is 19.9 Å². The summed E-state index contributed by atoms with van der Waals surface area (Å²) >= 11 is 0. The minimum absolute atomic E-state index is 0. The molecule has 0 aliphatic carbocycles. The second-order valence-corrected chi connectivity index (χ2v) is 7.10. The van der Waals surface area contributed by atoms with Crippen LogP contribution in [-0.4, -0.2) is 35.2 Å². The van der Waals surface area contributed by atoms with Gasteiger partial charge in [-0.2, -0.15) is 0 Å². The molecular formula is C24H16EuN7O9. The fourth-order valence-corrected chi connectivity index (χ4v) is 3.36. The molecule has 0 aliphatic heterocycles. The van der Waals surface area contributed by atoms with Crippen molar-refractivity contribution in [3.05, 3.63) is 144 Å². The van der Waals surface area contributed by atoms with Crippen molar-refractivity contribution in [2.24, 2.45) is 0 Å². The van der Waals surface area contributed by atoms with Crippen LogP contribution in [0, 0.1) is 95.3 Å². The van der Waals surface area contributed by atoms with Gasteiger partial charge < -0.3 is 46.0 Å². The molecule has 208 valence electrons. The third-order valence-electron chi connectivity index (χ3n) is 4.69. The van der Waals surface area contributed by atoms with Crippen molar-refractivity contribution in [1.29, 1.82) is 0 Å². The summed E-state index contributed by atoms with van der Waals surface area (Å²) in [5, 5.41) is 48.8. The van der Waals surface area contributed by atoms with E-state index < -0.39 is 15.3 Å². The van der Waals surface area contributed by atoms with Gasteiger partial charge in [-0.05, 0) is 24.3 Å². The third-order valence-corrected chi connectivity index (χ3v) is 4.69. The topological polar surface area (TPSA) is 250 Å². The van der Waals surface area contributed by atoms with Gasteiger partial charge in [0, 0.05) is 46.3 Å². The Balaban J connectivity index is 0.000000293. The molecule has 0 N–H and O–H groups in total. The molecule has 0 radical (unpaired) electrons. The minimum Gasteiger partial charge on any atom is -0.356 e. The van der Waals surface area contributed by atoms with Gasteiger partial charge in [-0.1, -0.05) is 48.5 Å². The molecule has 0 unspecified atom stereocenters. The van der Waals surface area contributed by atoms with Crippen molar-refractivity contribution in [3.8, 4) is 0 Å². The maximum absolute atomic E-state index is 8.25. The van der Waals surface area contributed by atoms with Crippen molar-refractivity contribution < 1.29 is 64.6 Å². The van der Waals surface area contributed by atoms with Crippen LogP contribution in [0.5, 0.6) is 0 Å². The fourth-order valence-electron chi connectivity index (χ4n) is 3.36. The van der Waals surface area contributed by atoms with Gasteiger partial charge in [-0.15, -0.1) is 0 Å². The molecule has 4 heterocycles. The quantitative estimate of drug-likeness (QED) is 0.117. The van der Waals surface area contributed by atoms with Crippen LogP contribution in [-0.2, 0) is 0 Å². The molecule has 0 saturated heterocycles. The third kappa shape index (κ3) is 11.9. The number of aromatic nitrogens is 4. The first kappa shape index (κ1) is 34.3. The van der Waals surface area contributed by atoms with Gasteiger partial charge >= 0.3 is 49.4 Å². The molecule has 0 saturated carbocycles. The smallest absolute Gasteiger partial charge is 0.356 e. The molecule has 0 aliphatic rings. The average Bonchev–Trinajstić information content (AvgIpc) is 2.92. The average molecular weight is 698 g/mol. The molecule has 0 bridgehead atoms. The van der Waals surface area contributed by atoms with Crippen LogP contribution >= 0.6 is 0 Å². The molecule has 0 atom stereocenters. The zero-order valence-corrected chi connectivity index (χ0v) is 22.8. The molecule has 17 heteroatoms. The van der Waals surface area contributed by atoms with Gasteiger partial charge in [0.05, 0.1) is 37.3 Å². The zero-order chi connectivity index (χ0) is 29.5. The molecule has 0 spiro atoms. The van der Waals surface area contributed by atoms with Crippen molar-refractivity contribution >= 4 is 43.6 Å². The van der Waals surface area contributed by atoms with E-state index in [4.69, 9.17) is 46.0 Å². The number of fused-ring (bicyclic) bond motifs is 6. The zero-order valence-electron chi connectivity index (χ0n) is 20.4. The molecule has 41 heavy (non-hydrogen) atoms. The van der Waals surface area contributed by atoms with Crippen molar-refractivity contribution in [2.45, 2.75) is 0 Å². The Hall–Kier alpha value is -4.74. The standard InChI is InChI=1S/2C12H8N2.Eu.3NO3/c2*1-3-9-5-6-10-4-2-8-14-12(10)11(9)13-7-1;;3*2-1(3)4/h2*1-8H;;;;/q;;+3;3*-1. The summed E-state index contributed by atoms with van der Waals surface area (Å²) in [4.78, 5) is 42.1. The predicted octanol–water partition coefficient (Wildman–Crippen LogP) is 4.85.